The summed E-state index contributed by atoms with van der Waals surface area (Å²) in [5.41, 5.74) is 2.18. The molecule has 1 amide bonds. The zero-order chi connectivity index (χ0) is 19.4. The molecule has 0 saturated heterocycles. The van der Waals surface area contributed by atoms with Gasteiger partial charge >= 0.3 is 0 Å². The average Bonchev–Trinajstić information content (AvgIpc) is 3.02. The highest BCUT2D eigenvalue weighted by Crippen LogP contribution is 2.34. The topological polar surface area (TPSA) is 47.6 Å². The molecule has 0 saturated carbocycles. The third-order valence-electron chi connectivity index (χ3n) is 4.18. The smallest absolute Gasteiger partial charge is 0.266 e. The number of nitrogens with one attached hydrogen (secondary N) is 1. The second kappa shape index (κ2) is 8.50. The number of fused-ring (bicyclic) bond motifs is 1. The molecule has 4 nitrogen and oxygen atoms in total. The molecule has 0 aliphatic rings. The van der Waals surface area contributed by atoms with E-state index in [1.807, 2.05) is 38.1 Å². The molecule has 0 spiro atoms. The monoisotopic (exact) mass is 387 g/mol. The number of hydrogen-bond acceptors (Lipinski definition) is 4. The maximum absolute atomic E-state index is 14.3. The highest BCUT2D eigenvalue weighted by molar-refractivity contribution is 7.21. The molecule has 1 aromatic heterocycles. The Hall–Kier alpha value is -2.44. The van der Waals surface area contributed by atoms with Crippen molar-refractivity contribution in [2.75, 3.05) is 19.0 Å². The molecule has 0 aliphatic heterocycles. The molecule has 0 bridgehead atoms. The lowest BCUT2D eigenvalue weighted by molar-refractivity contribution is 0.102. The molecule has 0 atom stereocenters. The van der Waals surface area contributed by atoms with Gasteiger partial charge in [-0.1, -0.05) is 13.0 Å². The van der Waals surface area contributed by atoms with Gasteiger partial charge in [0, 0.05) is 28.4 Å². The van der Waals surface area contributed by atoms with Crippen molar-refractivity contribution in [3.63, 3.8) is 0 Å². The van der Waals surface area contributed by atoms with Crippen LogP contribution in [-0.4, -0.2) is 19.6 Å². The fourth-order valence-electron chi connectivity index (χ4n) is 2.90. The quantitative estimate of drug-likeness (QED) is 0.579. The van der Waals surface area contributed by atoms with Crippen LogP contribution >= 0.6 is 11.3 Å². The van der Waals surface area contributed by atoms with Crippen LogP contribution in [0.5, 0.6) is 5.75 Å². The lowest BCUT2D eigenvalue weighted by Crippen LogP contribution is -2.13. The van der Waals surface area contributed by atoms with E-state index in [0.29, 0.717) is 28.1 Å². The predicted octanol–water partition coefficient (Wildman–Crippen LogP) is 5.54. The second-order valence-electron chi connectivity index (χ2n) is 6.24. The lowest BCUT2D eigenvalue weighted by atomic mass is 10.1. The molecule has 27 heavy (non-hydrogen) atoms. The van der Waals surface area contributed by atoms with Crippen LogP contribution in [0.3, 0.4) is 0 Å². The molecule has 3 aromatic rings. The van der Waals surface area contributed by atoms with Crippen molar-refractivity contribution in [3.8, 4) is 5.75 Å². The van der Waals surface area contributed by atoms with Gasteiger partial charge in [-0.05, 0) is 49.2 Å². The van der Waals surface area contributed by atoms with E-state index < -0.39 is 0 Å². The van der Waals surface area contributed by atoms with Crippen molar-refractivity contribution in [2.24, 2.45) is 0 Å². The number of amides is 1. The zero-order valence-electron chi connectivity index (χ0n) is 15.6. The van der Waals surface area contributed by atoms with Crippen LogP contribution in [-0.2, 0) is 11.3 Å². The first-order valence-electron chi connectivity index (χ1n) is 8.78. The van der Waals surface area contributed by atoms with Gasteiger partial charge in [-0.25, -0.2) is 4.39 Å². The molecule has 0 unspecified atom stereocenters. The summed E-state index contributed by atoms with van der Waals surface area (Å²) in [7, 11) is 1.53. The number of hydrogen-bond donors (Lipinski definition) is 1. The number of benzene rings is 2. The second-order valence-corrected chi connectivity index (χ2v) is 7.29. The van der Waals surface area contributed by atoms with Gasteiger partial charge in [-0.15, -0.1) is 11.3 Å². The van der Waals surface area contributed by atoms with Gasteiger partial charge in [0.1, 0.15) is 11.6 Å². The number of carbonyl (C=O) groups excluding carboxylic acids is 1. The van der Waals surface area contributed by atoms with Crippen LogP contribution in [0.2, 0.25) is 0 Å². The summed E-state index contributed by atoms with van der Waals surface area (Å²) in [4.78, 5) is 13.4. The Morgan fingerprint density at radius 2 is 2.07 bits per heavy atom. The predicted molar refractivity (Wildman–Crippen MR) is 107 cm³/mol. The van der Waals surface area contributed by atoms with Gasteiger partial charge < -0.3 is 14.8 Å². The summed E-state index contributed by atoms with van der Waals surface area (Å²) in [6.07, 6.45) is 0.933. The Labute approximate surface area is 161 Å². The van der Waals surface area contributed by atoms with Crippen molar-refractivity contribution in [3.05, 3.63) is 58.2 Å². The minimum Gasteiger partial charge on any atom is -0.494 e. The van der Waals surface area contributed by atoms with E-state index in [2.05, 4.69) is 5.32 Å². The van der Waals surface area contributed by atoms with Crippen LogP contribution < -0.4 is 10.1 Å². The van der Waals surface area contributed by atoms with E-state index in [1.165, 1.54) is 24.5 Å². The van der Waals surface area contributed by atoms with E-state index in [0.717, 1.165) is 22.4 Å². The van der Waals surface area contributed by atoms with Crippen molar-refractivity contribution in [2.45, 2.75) is 26.9 Å². The fraction of sp³-hybridized carbons (Fsp3) is 0.286. The van der Waals surface area contributed by atoms with Crippen molar-refractivity contribution in [1.29, 1.82) is 0 Å². The Bertz CT molecular complexity index is 967. The molecule has 2 aromatic carbocycles. The van der Waals surface area contributed by atoms with E-state index in [9.17, 15) is 9.18 Å². The van der Waals surface area contributed by atoms with Gasteiger partial charge in [-0.3, -0.25) is 4.79 Å². The first-order chi connectivity index (χ1) is 13.0. The van der Waals surface area contributed by atoms with E-state index in [1.54, 1.807) is 6.07 Å². The molecule has 3 rings (SSSR count). The molecule has 0 radical (unpaired) electrons. The number of methoxy groups -OCH3 is 1. The maximum Gasteiger partial charge on any atom is 0.266 e. The first-order valence-corrected chi connectivity index (χ1v) is 9.60. The van der Waals surface area contributed by atoms with Crippen molar-refractivity contribution < 1.29 is 18.7 Å². The third-order valence-corrected chi connectivity index (χ3v) is 5.37. The number of halogens is 1. The molecule has 0 fully saturated rings. The molecule has 1 N–H and O–H groups in total. The number of carbonyl (C=O) groups is 1. The van der Waals surface area contributed by atoms with E-state index >= 15 is 0 Å². The standard InChI is InChI=1S/C21H22FNO3S/c1-4-10-26-14-8-9-17(13(2)11-14)23-21(24)20-15(12-25-3)19-16(22)6-5-7-18(19)27-20/h5-9,11H,4,10,12H2,1-3H3,(H,23,24). The highest BCUT2D eigenvalue weighted by Gasteiger charge is 2.21. The summed E-state index contributed by atoms with van der Waals surface area (Å²) in [5.74, 6) is 0.160. The fourth-order valence-corrected chi connectivity index (χ4v) is 4.02. The van der Waals surface area contributed by atoms with E-state index in [4.69, 9.17) is 9.47 Å². The summed E-state index contributed by atoms with van der Waals surface area (Å²) in [6.45, 7) is 4.79. The van der Waals surface area contributed by atoms with Crippen LogP contribution in [0.4, 0.5) is 10.1 Å². The molecule has 1 heterocycles. The number of thiophene rings is 1. The van der Waals surface area contributed by atoms with Gasteiger partial charge in [0.15, 0.2) is 0 Å². The van der Waals surface area contributed by atoms with Gasteiger partial charge in [0.05, 0.1) is 18.1 Å². The van der Waals surface area contributed by atoms with Crippen molar-refractivity contribution >= 4 is 33.0 Å². The molecular formula is C21H22FNO3S. The molecular weight excluding hydrogens is 365 g/mol. The van der Waals surface area contributed by atoms with Crippen LogP contribution in [0.25, 0.3) is 10.1 Å². The SMILES string of the molecule is CCCOc1ccc(NC(=O)c2sc3cccc(F)c3c2COC)c(C)c1. The van der Waals surface area contributed by atoms with Crippen LogP contribution in [0, 0.1) is 12.7 Å². The molecule has 6 heteroatoms. The summed E-state index contributed by atoms with van der Waals surface area (Å²) in [5, 5.41) is 3.38. The maximum atomic E-state index is 14.3. The Morgan fingerprint density at radius 3 is 2.78 bits per heavy atom. The molecule has 0 aliphatic carbocycles. The zero-order valence-corrected chi connectivity index (χ0v) is 16.4. The number of rotatable bonds is 7. The third kappa shape index (κ3) is 4.12. The minimum absolute atomic E-state index is 0.173. The first kappa shape index (κ1) is 19.3. The Kier molecular flexibility index (Phi) is 6.08. The van der Waals surface area contributed by atoms with Gasteiger partial charge in [-0.2, -0.15) is 0 Å². The number of aryl methyl sites for hydroxylation is 1. The molecule has 142 valence electrons. The minimum atomic E-state index is -0.344. The largest absolute Gasteiger partial charge is 0.494 e. The Balaban J connectivity index is 1.90. The van der Waals surface area contributed by atoms with Gasteiger partial charge in [0.2, 0.25) is 0 Å². The van der Waals surface area contributed by atoms with Crippen molar-refractivity contribution in [1.82, 2.24) is 0 Å². The van der Waals surface area contributed by atoms with E-state index in [-0.39, 0.29) is 18.3 Å². The highest BCUT2D eigenvalue weighted by atomic mass is 32.1. The lowest BCUT2D eigenvalue weighted by Gasteiger charge is -2.11. The summed E-state index contributed by atoms with van der Waals surface area (Å²) in [6, 6.07) is 10.4. The number of anilines is 1. The number of ether oxygens (including phenoxy) is 2. The average molecular weight is 387 g/mol. The van der Waals surface area contributed by atoms with Gasteiger partial charge in [0.25, 0.3) is 5.91 Å². The summed E-state index contributed by atoms with van der Waals surface area (Å²) < 4.78 is 25.8. The Morgan fingerprint density at radius 1 is 1.26 bits per heavy atom. The van der Waals surface area contributed by atoms with Crippen LogP contribution in [0.1, 0.15) is 34.1 Å². The normalized spacial score (nSPS) is 11.0. The summed E-state index contributed by atoms with van der Waals surface area (Å²) >= 11 is 1.27. The van der Waals surface area contributed by atoms with Crippen LogP contribution in [0.15, 0.2) is 36.4 Å².